The summed E-state index contributed by atoms with van der Waals surface area (Å²) in [5, 5.41) is 10.3. The number of nitrogens with zero attached hydrogens (tertiary/aromatic N) is 1. The Kier molecular flexibility index (Phi) is 4.80. The van der Waals surface area contributed by atoms with Gasteiger partial charge in [0.2, 0.25) is 0 Å². The maximum Gasteiger partial charge on any atom is 0.301 e. The van der Waals surface area contributed by atoms with E-state index in [0.29, 0.717) is 23.6 Å². The largest absolute Gasteiger partial charge is 0.502 e. The van der Waals surface area contributed by atoms with Gasteiger partial charge >= 0.3 is 5.91 Å². The van der Waals surface area contributed by atoms with Crippen molar-refractivity contribution in [2.45, 2.75) is 13.8 Å². The Morgan fingerprint density at radius 2 is 1.76 bits per heavy atom. The van der Waals surface area contributed by atoms with E-state index in [1.807, 2.05) is 26.0 Å². The van der Waals surface area contributed by atoms with Gasteiger partial charge in [0, 0.05) is 3.57 Å². The lowest BCUT2D eigenvalue weighted by Crippen LogP contribution is -2.32. The van der Waals surface area contributed by atoms with Crippen molar-refractivity contribution in [3.8, 4) is 5.75 Å². The number of halogens is 1. The van der Waals surface area contributed by atoms with E-state index >= 15 is 0 Å². The first-order valence-electron chi connectivity index (χ1n) is 7.75. The van der Waals surface area contributed by atoms with Crippen LogP contribution in [0.3, 0.4) is 0 Å². The van der Waals surface area contributed by atoms with E-state index in [1.165, 1.54) is 0 Å². The van der Waals surface area contributed by atoms with E-state index in [1.54, 1.807) is 30.3 Å². The first kappa shape index (κ1) is 17.5. The van der Waals surface area contributed by atoms with Crippen LogP contribution in [0.4, 0.5) is 5.69 Å². The van der Waals surface area contributed by atoms with Gasteiger partial charge in [-0.15, -0.1) is 0 Å². The molecule has 3 rings (SSSR count). The van der Waals surface area contributed by atoms with Crippen LogP contribution in [0.5, 0.6) is 5.75 Å². The molecule has 25 heavy (non-hydrogen) atoms. The number of imide groups is 1. The minimum atomic E-state index is -0.710. The van der Waals surface area contributed by atoms with Gasteiger partial charge in [-0.2, -0.15) is 0 Å². The zero-order valence-corrected chi connectivity index (χ0v) is 15.9. The molecule has 2 amide bonds. The maximum absolute atomic E-state index is 12.8. The van der Waals surface area contributed by atoms with Crippen molar-refractivity contribution in [3.63, 3.8) is 0 Å². The normalized spacial score (nSPS) is 14.4. The molecule has 0 aliphatic carbocycles. The zero-order valence-electron chi connectivity index (χ0n) is 13.7. The minimum Gasteiger partial charge on any atom is -0.502 e. The van der Waals surface area contributed by atoms with Gasteiger partial charge in [0.15, 0.2) is 5.76 Å². The Balaban J connectivity index is 1.99. The van der Waals surface area contributed by atoms with Gasteiger partial charge in [-0.3, -0.25) is 9.59 Å². The lowest BCUT2D eigenvalue weighted by molar-refractivity contribution is -0.121. The Morgan fingerprint density at radius 3 is 2.36 bits per heavy atom. The molecule has 1 aliphatic heterocycles. The number of ether oxygens (including phenoxy) is 1. The number of carbonyl (C=O) groups is 2. The molecule has 1 N–H and O–H groups in total. The molecule has 0 spiro atoms. The SMILES string of the molecule is CCOc1ccc(C2=C(O)C(=O)N(c3ccc(I)cc3C)C2=O)cc1. The van der Waals surface area contributed by atoms with Gasteiger partial charge < -0.3 is 9.84 Å². The fourth-order valence-electron chi connectivity index (χ4n) is 2.75. The average molecular weight is 449 g/mol. The number of amides is 2. The van der Waals surface area contributed by atoms with Crippen LogP contribution in [0.1, 0.15) is 18.1 Å². The monoisotopic (exact) mass is 449 g/mol. The van der Waals surface area contributed by atoms with E-state index in [9.17, 15) is 14.7 Å². The van der Waals surface area contributed by atoms with E-state index in [-0.39, 0.29) is 5.57 Å². The standard InChI is InChI=1S/C19H16INO4/c1-3-25-14-7-4-12(5-8-14)16-17(22)19(24)21(18(16)23)15-9-6-13(20)10-11(15)2/h4-10,22H,3H2,1-2H3. The fourth-order valence-corrected chi connectivity index (χ4v) is 3.40. The van der Waals surface area contributed by atoms with Gasteiger partial charge in [-0.05, 0) is 77.9 Å². The summed E-state index contributed by atoms with van der Waals surface area (Å²) < 4.78 is 6.38. The molecule has 1 aliphatic rings. The predicted octanol–water partition coefficient (Wildman–Crippen LogP) is 3.84. The van der Waals surface area contributed by atoms with E-state index in [2.05, 4.69) is 22.6 Å². The van der Waals surface area contributed by atoms with Crippen LogP contribution >= 0.6 is 22.6 Å². The molecule has 0 aromatic heterocycles. The van der Waals surface area contributed by atoms with Crippen molar-refractivity contribution in [1.82, 2.24) is 0 Å². The number of hydrogen-bond acceptors (Lipinski definition) is 4. The zero-order chi connectivity index (χ0) is 18.1. The summed E-state index contributed by atoms with van der Waals surface area (Å²) in [5.41, 5.74) is 1.74. The van der Waals surface area contributed by atoms with Gasteiger partial charge in [0.1, 0.15) is 5.75 Å². The number of hydrogen-bond donors (Lipinski definition) is 1. The van der Waals surface area contributed by atoms with Crippen LogP contribution in [-0.4, -0.2) is 23.5 Å². The number of aryl methyl sites for hydroxylation is 1. The molecule has 6 heteroatoms. The first-order chi connectivity index (χ1) is 11.9. The Hall–Kier alpha value is -2.35. The molecule has 0 fully saturated rings. The van der Waals surface area contributed by atoms with E-state index in [0.717, 1.165) is 14.0 Å². The van der Waals surface area contributed by atoms with Crippen molar-refractivity contribution >= 4 is 45.7 Å². The number of carbonyl (C=O) groups excluding carboxylic acids is 2. The Bertz CT molecular complexity index is 887. The van der Waals surface area contributed by atoms with Crippen molar-refractivity contribution in [2.75, 3.05) is 11.5 Å². The van der Waals surface area contributed by atoms with E-state index < -0.39 is 17.6 Å². The summed E-state index contributed by atoms with van der Waals surface area (Å²) in [6.45, 7) is 4.23. The third kappa shape index (κ3) is 3.13. The molecule has 1 heterocycles. The molecular formula is C19H16INO4. The summed E-state index contributed by atoms with van der Waals surface area (Å²) in [6, 6.07) is 12.1. The van der Waals surface area contributed by atoms with Gasteiger partial charge in [0.25, 0.3) is 5.91 Å². The highest BCUT2D eigenvalue weighted by atomic mass is 127. The average Bonchev–Trinajstić information content (AvgIpc) is 2.79. The van der Waals surface area contributed by atoms with E-state index in [4.69, 9.17) is 4.74 Å². The highest BCUT2D eigenvalue weighted by Crippen LogP contribution is 2.34. The molecule has 0 bridgehead atoms. The number of rotatable bonds is 4. The lowest BCUT2D eigenvalue weighted by atomic mass is 10.1. The van der Waals surface area contributed by atoms with Crippen molar-refractivity contribution < 1.29 is 19.4 Å². The molecule has 128 valence electrons. The highest BCUT2D eigenvalue weighted by molar-refractivity contribution is 14.1. The summed E-state index contributed by atoms with van der Waals surface area (Å²) in [6.07, 6.45) is 0. The molecule has 0 unspecified atom stereocenters. The third-order valence-corrected chi connectivity index (χ3v) is 4.58. The predicted molar refractivity (Wildman–Crippen MR) is 104 cm³/mol. The van der Waals surface area contributed by atoms with Crippen molar-refractivity contribution in [3.05, 3.63) is 62.9 Å². The van der Waals surface area contributed by atoms with Gasteiger partial charge in [0.05, 0.1) is 17.9 Å². The Morgan fingerprint density at radius 1 is 1.08 bits per heavy atom. The summed E-state index contributed by atoms with van der Waals surface area (Å²) >= 11 is 2.16. The molecule has 0 saturated heterocycles. The summed E-state index contributed by atoms with van der Waals surface area (Å²) in [5.74, 6) is -1.12. The second kappa shape index (κ2) is 6.87. The minimum absolute atomic E-state index is 0.00555. The topological polar surface area (TPSA) is 66.8 Å². The first-order valence-corrected chi connectivity index (χ1v) is 8.83. The molecule has 0 saturated carbocycles. The summed E-state index contributed by atoms with van der Waals surface area (Å²) in [7, 11) is 0. The summed E-state index contributed by atoms with van der Waals surface area (Å²) in [4.78, 5) is 26.3. The number of aliphatic hydroxyl groups excluding tert-OH is 1. The fraction of sp³-hybridized carbons (Fsp3) is 0.158. The quantitative estimate of drug-likeness (QED) is 0.569. The van der Waals surface area contributed by atoms with Gasteiger partial charge in [-0.1, -0.05) is 12.1 Å². The second-order valence-corrected chi connectivity index (χ2v) is 6.80. The molecular weight excluding hydrogens is 433 g/mol. The molecule has 0 atom stereocenters. The van der Waals surface area contributed by atoms with Gasteiger partial charge in [-0.25, -0.2) is 4.90 Å². The number of anilines is 1. The lowest BCUT2D eigenvalue weighted by Gasteiger charge is -2.17. The van der Waals surface area contributed by atoms with Crippen LogP contribution in [0.2, 0.25) is 0 Å². The van der Waals surface area contributed by atoms with Crippen molar-refractivity contribution in [1.29, 1.82) is 0 Å². The van der Waals surface area contributed by atoms with Crippen LogP contribution in [-0.2, 0) is 9.59 Å². The number of aliphatic hydroxyl groups is 1. The molecule has 0 radical (unpaired) electrons. The van der Waals surface area contributed by atoms with Crippen LogP contribution in [0.15, 0.2) is 48.2 Å². The highest BCUT2D eigenvalue weighted by Gasteiger charge is 2.40. The van der Waals surface area contributed by atoms with Crippen LogP contribution < -0.4 is 9.64 Å². The molecule has 2 aromatic rings. The smallest absolute Gasteiger partial charge is 0.301 e. The third-order valence-electron chi connectivity index (χ3n) is 3.91. The maximum atomic E-state index is 12.8. The number of benzene rings is 2. The second-order valence-electron chi connectivity index (χ2n) is 5.56. The Labute approximate surface area is 159 Å². The van der Waals surface area contributed by atoms with Crippen LogP contribution in [0, 0.1) is 10.5 Å². The van der Waals surface area contributed by atoms with Crippen LogP contribution in [0.25, 0.3) is 5.57 Å². The van der Waals surface area contributed by atoms with Crippen molar-refractivity contribution in [2.24, 2.45) is 0 Å². The molecule has 2 aromatic carbocycles. The molecule has 5 nitrogen and oxygen atoms in total.